The average Bonchev–Trinajstić information content (AvgIpc) is 2.91. The molecule has 1 fully saturated rings. The van der Waals surface area contributed by atoms with Gasteiger partial charge in [0.25, 0.3) is 5.91 Å². The molecule has 2 atom stereocenters. The van der Waals surface area contributed by atoms with Crippen molar-refractivity contribution in [1.29, 1.82) is 0 Å². The van der Waals surface area contributed by atoms with Gasteiger partial charge in [0, 0.05) is 23.2 Å². The van der Waals surface area contributed by atoms with E-state index in [4.69, 9.17) is 17.3 Å². The van der Waals surface area contributed by atoms with Crippen molar-refractivity contribution in [2.45, 2.75) is 39.2 Å². The fourth-order valence-corrected chi connectivity index (χ4v) is 3.29. The Morgan fingerprint density at radius 1 is 1.45 bits per heavy atom. The van der Waals surface area contributed by atoms with E-state index in [0.29, 0.717) is 17.5 Å². The van der Waals surface area contributed by atoms with Gasteiger partial charge in [0.2, 0.25) is 0 Å². The topological polar surface area (TPSA) is 46.3 Å². The molecule has 0 aliphatic heterocycles. The highest BCUT2D eigenvalue weighted by Gasteiger charge is 2.33. The number of hydrogen-bond acceptors (Lipinski definition) is 2. The summed E-state index contributed by atoms with van der Waals surface area (Å²) in [5.41, 5.74) is 7.50. The van der Waals surface area contributed by atoms with Crippen molar-refractivity contribution in [2.24, 2.45) is 11.7 Å². The summed E-state index contributed by atoms with van der Waals surface area (Å²) in [6.45, 7) is 5.34. The second-order valence-corrected chi connectivity index (χ2v) is 5.96. The molecule has 1 aliphatic carbocycles. The zero-order valence-corrected chi connectivity index (χ0v) is 13.0. The number of amides is 1. The van der Waals surface area contributed by atoms with Gasteiger partial charge in [0.05, 0.1) is 0 Å². The summed E-state index contributed by atoms with van der Waals surface area (Å²) < 4.78 is 0. The van der Waals surface area contributed by atoms with Crippen molar-refractivity contribution in [3.8, 4) is 0 Å². The van der Waals surface area contributed by atoms with Crippen LogP contribution in [0, 0.1) is 12.8 Å². The molecule has 2 N–H and O–H groups in total. The van der Waals surface area contributed by atoms with Crippen LogP contribution in [0.25, 0.3) is 0 Å². The normalized spacial score (nSPS) is 22.0. The van der Waals surface area contributed by atoms with Crippen molar-refractivity contribution >= 4 is 17.5 Å². The first-order valence-corrected chi connectivity index (χ1v) is 7.73. The molecule has 0 saturated heterocycles. The quantitative estimate of drug-likeness (QED) is 0.926. The molecular formula is C16H23ClN2O. The number of nitrogens with two attached hydrogens (primary N) is 1. The van der Waals surface area contributed by atoms with E-state index in [1.54, 1.807) is 6.07 Å². The smallest absolute Gasteiger partial charge is 0.254 e. The standard InChI is InChI=1S/C16H23ClN2O/c1-3-19(15-6-4-5-13(15)10-18)16(20)12-7-8-14(17)11(2)9-12/h7-9,13,15H,3-6,10,18H2,1-2H3. The number of benzene rings is 1. The predicted octanol–water partition coefficient (Wildman–Crippen LogP) is 3.24. The van der Waals surface area contributed by atoms with E-state index >= 15 is 0 Å². The molecule has 1 amide bonds. The number of rotatable bonds is 4. The van der Waals surface area contributed by atoms with E-state index in [1.165, 1.54) is 0 Å². The van der Waals surface area contributed by atoms with Gasteiger partial charge in [-0.2, -0.15) is 0 Å². The van der Waals surface area contributed by atoms with Gasteiger partial charge in [0.1, 0.15) is 0 Å². The third kappa shape index (κ3) is 2.99. The second-order valence-electron chi connectivity index (χ2n) is 5.55. The Bertz CT molecular complexity index is 489. The second kappa shape index (κ2) is 6.59. The molecule has 0 spiro atoms. The fraction of sp³-hybridized carbons (Fsp3) is 0.562. The SMILES string of the molecule is CCN(C(=O)c1ccc(Cl)c(C)c1)C1CCCC1CN. The lowest BCUT2D eigenvalue weighted by Crippen LogP contribution is -2.44. The van der Waals surface area contributed by atoms with Gasteiger partial charge in [-0.25, -0.2) is 0 Å². The molecule has 1 saturated carbocycles. The molecule has 4 heteroatoms. The van der Waals surface area contributed by atoms with E-state index < -0.39 is 0 Å². The molecule has 0 bridgehead atoms. The predicted molar refractivity (Wildman–Crippen MR) is 83.1 cm³/mol. The number of carbonyl (C=O) groups excluding carboxylic acids is 1. The Morgan fingerprint density at radius 3 is 2.80 bits per heavy atom. The molecule has 2 rings (SSSR count). The van der Waals surface area contributed by atoms with Gasteiger partial charge in [-0.1, -0.05) is 18.0 Å². The lowest BCUT2D eigenvalue weighted by atomic mass is 10.0. The van der Waals surface area contributed by atoms with E-state index in [1.807, 2.05) is 30.9 Å². The highest BCUT2D eigenvalue weighted by molar-refractivity contribution is 6.31. The van der Waals surface area contributed by atoms with Gasteiger partial charge in [-0.05, 0) is 62.9 Å². The summed E-state index contributed by atoms with van der Waals surface area (Å²) in [6.07, 6.45) is 3.36. The molecule has 0 heterocycles. The van der Waals surface area contributed by atoms with E-state index in [-0.39, 0.29) is 11.9 Å². The van der Waals surface area contributed by atoms with Gasteiger partial charge < -0.3 is 10.6 Å². The lowest BCUT2D eigenvalue weighted by molar-refractivity contribution is 0.0652. The van der Waals surface area contributed by atoms with E-state index in [0.717, 1.165) is 36.9 Å². The summed E-state index contributed by atoms with van der Waals surface area (Å²) in [5, 5.41) is 0.699. The highest BCUT2D eigenvalue weighted by Crippen LogP contribution is 2.30. The third-order valence-electron chi connectivity index (χ3n) is 4.33. The molecule has 1 aliphatic rings. The van der Waals surface area contributed by atoms with Gasteiger partial charge in [0.15, 0.2) is 0 Å². The third-order valence-corrected chi connectivity index (χ3v) is 4.75. The first-order valence-electron chi connectivity index (χ1n) is 7.35. The van der Waals surface area contributed by atoms with Crippen LogP contribution in [-0.4, -0.2) is 29.9 Å². The van der Waals surface area contributed by atoms with Crippen molar-refractivity contribution in [1.82, 2.24) is 4.90 Å². The first-order chi connectivity index (χ1) is 9.58. The molecule has 110 valence electrons. The van der Waals surface area contributed by atoms with Crippen LogP contribution in [0.5, 0.6) is 0 Å². The van der Waals surface area contributed by atoms with Crippen molar-refractivity contribution in [3.63, 3.8) is 0 Å². The maximum atomic E-state index is 12.7. The summed E-state index contributed by atoms with van der Waals surface area (Å²) in [7, 11) is 0. The molecule has 0 aromatic heterocycles. The van der Waals surface area contributed by atoms with Crippen LogP contribution in [0.3, 0.4) is 0 Å². The van der Waals surface area contributed by atoms with Crippen LogP contribution < -0.4 is 5.73 Å². The maximum Gasteiger partial charge on any atom is 0.254 e. The number of carbonyl (C=O) groups is 1. The van der Waals surface area contributed by atoms with Crippen LogP contribution in [0.2, 0.25) is 5.02 Å². The van der Waals surface area contributed by atoms with Crippen LogP contribution in [-0.2, 0) is 0 Å². The Labute approximate surface area is 126 Å². The number of aryl methyl sites for hydroxylation is 1. The minimum absolute atomic E-state index is 0.0950. The van der Waals surface area contributed by atoms with Crippen molar-refractivity contribution < 1.29 is 4.79 Å². The van der Waals surface area contributed by atoms with Crippen LogP contribution in [0.15, 0.2) is 18.2 Å². The fourth-order valence-electron chi connectivity index (χ4n) is 3.17. The highest BCUT2D eigenvalue weighted by atomic mass is 35.5. The molecule has 1 aromatic carbocycles. The largest absolute Gasteiger partial charge is 0.336 e. The summed E-state index contributed by atoms with van der Waals surface area (Å²) >= 11 is 6.03. The molecule has 2 unspecified atom stereocenters. The molecule has 0 radical (unpaired) electrons. The number of halogens is 1. The minimum Gasteiger partial charge on any atom is -0.336 e. The Morgan fingerprint density at radius 2 is 2.20 bits per heavy atom. The maximum absolute atomic E-state index is 12.7. The lowest BCUT2D eigenvalue weighted by Gasteiger charge is -2.32. The number of hydrogen-bond donors (Lipinski definition) is 1. The van der Waals surface area contributed by atoms with Crippen LogP contribution in [0.1, 0.15) is 42.1 Å². The zero-order chi connectivity index (χ0) is 14.7. The molecule has 1 aromatic rings. The first kappa shape index (κ1) is 15.3. The molecule has 20 heavy (non-hydrogen) atoms. The monoisotopic (exact) mass is 294 g/mol. The summed E-state index contributed by atoms with van der Waals surface area (Å²) in [5.74, 6) is 0.532. The van der Waals surface area contributed by atoms with Gasteiger partial charge >= 0.3 is 0 Å². The Balaban J connectivity index is 2.22. The van der Waals surface area contributed by atoms with Gasteiger partial charge in [-0.15, -0.1) is 0 Å². The summed E-state index contributed by atoms with van der Waals surface area (Å²) in [4.78, 5) is 14.7. The van der Waals surface area contributed by atoms with Crippen LogP contribution in [0.4, 0.5) is 0 Å². The Kier molecular flexibility index (Phi) is 5.06. The van der Waals surface area contributed by atoms with E-state index in [9.17, 15) is 4.79 Å². The van der Waals surface area contributed by atoms with Crippen LogP contribution >= 0.6 is 11.6 Å². The van der Waals surface area contributed by atoms with Crippen molar-refractivity contribution in [2.75, 3.05) is 13.1 Å². The minimum atomic E-state index is 0.0950. The molecule has 3 nitrogen and oxygen atoms in total. The number of nitrogens with zero attached hydrogens (tertiary/aromatic N) is 1. The zero-order valence-electron chi connectivity index (χ0n) is 12.2. The summed E-state index contributed by atoms with van der Waals surface area (Å²) in [6, 6.07) is 5.77. The van der Waals surface area contributed by atoms with Crippen molar-refractivity contribution in [3.05, 3.63) is 34.3 Å². The van der Waals surface area contributed by atoms with Gasteiger partial charge in [-0.3, -0.25) is 4.79 Å². The average molecular weight is 295 g/mol. The molecular weight excluding hydrogens is 272 g/mol. The Hall–Kier alpha value is -1.06. The van der Waals surface area contributed by atoms with E-state index in [2.05, 4.69) is 0 Å².